The second-order valence-corrected chi connectivity index (χ2v) is 4.37. The van der Waals surface area contributed by atoms with Crippen molar-refractivity contribution < 1.29 is 4.39 Å². The maximum Gasteiger partial charge on any atom is 0.121 e. The lowest BCUT2D eigenvalue weighted by Crippen LogP contribution is -2.30. The maximum atomic E-state index is 13.4. The van der Waals surface area contributed by atoms with Gasteiger partial charge in [0.2, 0.25) is 0 Å². The van der Waals surface area contributed by atoms with Gasteiger partial charge in [-0.2, -0.15) is 0 Å². The summed E-state index contributed by atoms with van der Waals surface area (Å²) in [6, 6.07) is 0. The molecule has 0 aromatic heterocycles. The van der Waals surface area contributed by atoms with Gasteiger partial charge in [-0.25, -0.2) is 0 Å². The normalized spacial score (nSPS) is 16.9. The largest absolute Gasteiger partial charge is 0.255 e. The van der Waals surface area contributed by atoms with Crippen LogP contribution in [0.15, 0.2) is 0 Å². The Labute approximate surface area is 77.3 Å². The Balaban J connectivity index is 3.61. The van der Waals surface area contributed by atoms with E-state index in [1.54, 1.807) is 0 Å². The molecule has 0 saturated heterocycles. The van der Waals surface area contributed by atoms with Crippen LogP contribution >= 0.6 is 0 Å². The molecule has 0 aliphatic heterocycles. The van der Waals surface area contributed by atoms with Gasteiger partial charge in [0.1, 0.15) is 7.85 Å². The summed E-state index contributed by atoms with van der Waals surface area (Å²) < 4.78 is 13.4. The Morgan fingerprint density at radius 1 is 1.25 bits per heavy atom. The summed E-state index contributed by atoms with van der Waals surface area (Å²) >= 11 is 0. The minimum absolute atomic E-state index is 0.0790. The van der Waals surface area contributed by atoms with Crippen molar-refractivity contribution in [3.05, 3.63) is 0 Å². The van der Waals surface area contributed by atoms with Crippen LogP contribution in [0, 0.1) is 11.8 Å². The van der Waals surface area contributed by atoms with Crippen molar-refractivity contribution in [2.45, 2.75) is 52.5 Å². The molecule has 0 rings (SSSR count). The summed E-state index contributed by atoms with van der Waals surface area (Å²) in [5, 5.41) is 0. The number of hydrogen-bond donors (Lipinski definition) is 0. The minimum atomic E-state index is -1.46. The molecule has 0 N–H and O–H groups in total. The van der Waals surface area contributed by atoms with E-state index in [4.69, 9.17) is 7.85 Å². The van der Waals surface area contributed by atoms with E-state index in [1.165, 1.54) is 0 Å². The molecule has 0 nitrogen and oxygen atoms in total. The number of halogens is 1. The molecule has 0 aromatic carbocycles. The van der Waals surface area contributed by atoms with E-state index >= 15 is 0 Å². The van der Waals surface area contributed by atoms with Crippen molar-refractivity contribution in [2.75, 3.05) is 0 Å². The zero-order valence-corrected chi connectivity index (χ0v) is 8.73. The molecule has 70 valence electrons. The van der Waals surface area contributed by atoms with Crippen LogP contribution in [0.25, 0.3) is 0 Å². The fourth-order valence-electron chi connectivity index (χ4n) is 1.07. The number of alkyl halides is 1. The number of hydrogen-bond acceptors (Lipinski definition) is 0. The van der Waals surface area contributed by atoms with Gasteiger partial charge in [-0.15, -0.1) is 0 Å². The summed E-state index contributed by atoms with van der Waals surface area (Å²) in [5.41, 5.74) is -1.46. The molecule has 12 heavy (non-hydrogen) atoms. The molecule has 0 aromatic rings. The van der Waals surface area contributed by atoms with Crippen LogP contribution in [0.4, 0.5) is 4.39 Å². The first-order valence-corrected chi connectivity index (χ1v) is 4.84. The molecule has 1 unspecified atom stereocenters. The lowest BCUT2D eigenvalue weighted by Gasteiger charge is -2.25. The van der Waals surface area contributed by atoms with Crippen molar-refractivity contribution in [2.24, 2.45) is 11.8 Å². The summed E-state index contributed by atoms with van der Waals surface area (Å²) in [6.45, 7) is 7.95. The highest BCUT2D eigenvalue weighted by Crippen LogP contribution is 2.25. The Morgan fingerprint density at radius 2 is 1.75 bits per heavy atom. The molecule has 0 amide bonds. The molecule has 0 heterocycles. The lowest BCUT2D eigenvalue weighted by molar-refractivity contribution is 0.181. The summed E-state index contributed by atoms with van der Waals surface area (Å²) in [4.78, 5) is 0. The number of rotatable bonds is 5. The molecule has 0 fully saturated rings. The first-order valence-electron chi connectivity index (χ1n) is 4.84. The van der Waals surface area contributed by atoms with Gasteiger partial charge in [-0.05, 0) is 18.3 Å². The highest BCUT2D eigenvalue weighted by Gasteiger charge is 2.25. The summed E-state index contributed by atoms with van der Waals surface area (Å²) in [5.74, 6) is 0.567. The molecular formula is C10H20BF. The van der Waals surface area contributed by atoms with Crippen molar-refractivity contribution in [1.82, 2.24) is 0 Å². The molecule has 2 heteroatoms. The second kappa shape index (κ2) is 4.88. The molecule has 2 radical (unpaired) electrons. The second-order valence-electron chi connectivity index (χ2n) is 4.37. The van der Waals surface area contributed by atoms with E-state index < -0.39 is 5.57 Å². The Bertz CT molecular complexity index is 119. The first kappa shape index (κ1) is 12.0. The van der Waals surface area contributed by atoms with E-state index in [1.807, 2.05) is 13.8 Å². The maximum absolute atomic E-state index is 13.4. The minimum Gasteiger partial charge on any atom is -0.255 e. The average molecular weight is 170 g/mol. The average Bonchev–Trinajstić information content (AvgIpc) is 1.85. The third-order valence-corrected chi connectivity index (χ3v) is 2.30. The molecule has 0 aliphatic rings. The monoisotopic (exact) mass is 170 g/mol. The van der Waals surface area contributed by atoms with Crippen molar-refractivity contribution >= 4 is 7.85 Å². The molecule has 0 spiro atoms. The van der Waals surface area contributed by atoms with Gasteiger partial charge in [0.15, 0.2) is 0 Å². The van der Waals surface area contributed by atoms with E-state index in [-0.39, 0.29) is 5.92 Å². The summed E-state index contributed by atoms with van der Waals surface area (Å²) in [6.07, 6.45) is 2.45. The van der Waals surface area contributed by atoms with Gasteiger partial charge >= 0.3 is 0 Å². The Morgan fingerprint density at radius 3 is 2.08 bits per heavy atom. The van der Waals surface area contributed by atoms with Gasteiger partial charge in [0.05, 0.1) is 5.57 Å². The van der Waals surface area contributed by atoms with Gasteiger partial charge in [0, 0.05) is 0 Å². The molecule has 1 atom stereocenters. The Kier molecular flexibility index (Phi) is 4.88. The molecular weight excluding hydrogens is 150 g/mol. The van der Waals surface area contributed by atoms with Gasteiger partial charge in [-0.1, -0.05) is 40.5 Å². The van der Waals surface area contributed by atoms with Crippen LogP contribution in [0.5, 0.6) is 0 Å². The first-order chi connectivity index (χ1) is 5.36. The van der Waals surface area contributed by atoms with Gasteiger partial charge in [0.25, 0.3) is 0 Å². The molecule has 0 saturated carbocycles. The van der Waals surface area contributed by atoms with Crippen LogP contribution in [-0.4, -0.2) is 13.4 Å². The smallest absolute Gasteiger partial charge is 0.121 e. The van der Waals surface area contributed by atoms with Crippen molar-refractivity contribution in [3.8, 4) is 0 Å². The lowest BCUT2D eigenvalue weighted by atomic mass is 9.71. The topological polar surface area (TPSA) is 0 Å². The fourth-order valence-corrected chi connectivity index (χ4v) is 1.07. The van der Waals surface area contributed by atoms with Crippen LogP contribution in [-0.2, 0) is 0 Å². The quantitative estimate of drug-likeness (QED) is 0.555. The third-order valence-electron chi connectivity index (χ3n) is 2.30. The van der Waals surface area contributed by atoms with E-state index in [9.17, 15) is 4.39 Å². The fraction of sp³-hybridized carbons (Fsp3) is 1.00. The highest BCUT2D eigenvalue weighted by molar-refractivity contribution is 6.14. The predicted molar refractivity (Wildman–Crippen MR) is 53.1 cm³/mol. The zero-order chi connectivity index (χ0) is 9.78. The molecule has 0 bridgehead atoms. The van der Waals surface area contributed by atoms with Gasteiger partial charge < -0.3 is 0 Å². The van der Waals surface area contributed by atoms with Crippen LogP contribution in [0.1, 0.15) is 47.0 Å². The standard InChI is InChI=1S/C10H20BF/c1-8(2)6-5-7-10(11,12)9(3)4/h8-9H,5-7H2,1-4H3. The van der Waals surface area contributed by atoms with E-state index in [0.29, 0.717) is 12.3 Å². The van der Waals surface area contributed by atoms with Crippen LogP contribution < -0.4 is 0 Å². The van der Waals surface area contributed by atoms with E-state index in [2.05, 4.69) is 13.8 Å². The zero-order valence-electron chi connectivity index (χ0n) is 8.73. The SMILES string of the molecule is [B]C(F)(CCCC(C)C)C(C)C. The van der Waals surface area contributed by atoms with Crippen LogP contribution in [0.3, 0.4) is 0 Å². The third kappa shape index (κ3) is 4.79. The van der Waals surface area contributed by atoms with E-state index in [0.717, 1.165) is 12.8 Å². The summed E-state index contributed by atoms with van der Waals surface area (Å²) in [7, 11) is 5.48. The van der Waals surface area contributed by atoms with Crippen LogP contribution in [0.2, 0.25) is 0 Å². The highest BCUT2D eigenvalue weighted by atomic mass is 19.1. The van der Waals surface area contributed by atoms with Crippen molar-refractivity contribution in [3.63, 3.8) is 0 Å². The van der Waals surface area contributed by atoms with Crippen molar-refractivity contribution in [1.29, 1.82) is 0 Å². The molecule has 0 aliphatic carbocycles. The Hall–Kier alpha value is -0.00506. The van der Waals surface area contributed by atoms with Gasteiger partial charge in [-0.3, -0.25) is 4.39 Å². The predicted octanol–water partition coefficient (Wildman–Crippen LogP) is 3.30.